The third-order valence-electron chi connectivity index (χ3n) is 4.80. The molecule has 122 valence electrons. The van der Waals surface area contributed by atoms with E-state index in [9.17, 15) is 4.79 Å². The average molecular weight is 311 g/mol. The third kappa shape index (κ3) is 3.56. The van der Waals surface area contributed by atoms with E-state index in [-0.39, 0.29) is 5.78 Å². The van der Waals surface area contributed by atoms with E-state index in [1.165, 1.54) is 12.8 Å². The van der Waals surface area contributed by atoms with Gasteiger partial charge < -0.3 is 9.64 Å². The summed E-state index contributed by atoms with van der Waals surface area (Å²) in [6, 6.07) is 11.8. The molecule has 0 radical (unpaired) electrons. The van der Waals surface area contributed by atoms with Crippen molar-refractivity contribution in [3.05, 3.63) is 42.0 Å². The van der Waals surface area contributed by atoms with Crippen LogP contribution in [0.4, 0.5) is 0 Å². The Morgan fingerprint density at radius 3 is 2.74 bits per heavy atom. The molecule has 0 amide bonds. The van der Waals surface area contributed by atoms with E-state index in [2.05, 4.69) is 11.8 Å². The molecule has 1 fully saturated rings. The molecule has 1 aliphatic rings. The monoisotopic (exact) mass is 311 g/mol. The van der Waals surface area contributed by atoms with Gasteiger partial charge in [-0.25, -0.2) is 0 Å². The van der Waals surface area contributed by atoms with Crippen molar-refractivity contribution in [3.63, 3.8) is 0 Å². The van der Waals surface area contributed by atoms with E-state index in [0.29, 0.717) is 6.42 Å². The van der Waals surface area contributed by atoms with Gasteiger partial charge in [-0.1, -0.05) is 31.2 Å². The van der Waals surface area contributed by atoms with Gasteiger partial charge in [0.15, 0.2) is 5.78 Å². The molecule has 23 heavy (non-hydrogen) atoms. The Labute approximate surface area is 138 Å². The molecule has 1 heterocycles. The van der Waals surface area contributed by atoms with Crippen molar-refractivity contribution in [3.8, 4) is 5.75 Å². The topological polar surface area (TPSA) is 29.5 Å². The molecule has 2 aromatic rings. The molecular formula is C20H25NO2. The van der Waals surface area contributed by atoms with E-state index in [1.54, 1.807) is 7.11 Å². The number of ketones is 1. The van der Waals surface area contributed by atoms with Crippen LogP contribution < -0.4 is 4.74 Å². The second-order valence-corrected chi connectivity index (χ2v) is 6.58. The van der Waals surface area contributed by atoms with Gasteiger partial charge in [0.1, 0.15) is 5.75 Å². The Balaban J connectivity index is 1.76. The zero-order valence-electron chi connectivity index (χ0n) is 14.0. The van der Waals surface area contributed by atoms with Crippen LogP contribution in [0, 0.1) is 5.92 Å². The maximum absolute atomic E-state index is 12.7. The van der Waals surface area contributed by atoms with Crippen molar-refractivity contribution in [2.24, 2.45) is 5.92 Å². The predicted octanol–water partition coefficient (Wildman–Crippen LogP) is 4.15. The Bertz CT molecular complexity index is 695. The Kier molecular flexibility index (Phi) is 4.97. The molecule has 3 nitrogen and oxygen atoms in total. The number of likely N-dealkylation sites (tertiary alicyclic amines) is 1. The first-order valence-corrected chi connectivity index (χ1v) is 8.50. The number of hydrogen-bond donors (Lipinski definition) is 0. The number of carbonyl (C=O) groups excluding carboxylic acids is 1. The van der Waals surface area contributed by atoms with E-state index in [4.69, 9.17) is 4.74 Å². The highest BCUT2D eigenvalue weighted by atomic mass is 16.5. The smallest absolute Gasteiger partial charge is 0.164 e. The summed E-state index contributed by atoms with van der Waals surface area (Å²) in [5.41, 5.74) is 0.812. The molecule has 0 N–H and O–H groups in total. The van der Waals surface area contributed by atoms with Crippen molar-refractivity contribution in [1.29, 1.82) is 0 Å². The number of hydrogen-bond acceptors (Lipinski definition) is 3. The Morgan fingerprint density at radius 2 is 2.00 bits per heavy atom. The van der Waals surface area contributed by atoms with Crippen molar-refractivity contribution in [2.45, 2.75) is 26.2 Å². The van der Waals surface area contributed by atoms with E-state index in [0.717, 1.165) is 47.6 Å². The summed E-state index contributed by atoms with van der Waals surface area (Å²) in [5, 5.41) is 2.00. The van der Waals surface area contributed by atoms with Crippen LogP contribution in [0.25, 0.3) is 10.8 Å². The normalized spacial score (nSPS) is 19.0. The summed E-state index contributed by atoms with van der Waals surface area (Å²) in [6.45, 7) is 5.41. The molecule has 1 unspecified atom stereocenters. The summed E-state index contributed by atoms with van der Waals surface area (Å²) in [6.07, 6.45) is 3.15. The zero-order valence-corrected chi connectivity index (χ0v) is 14.0. The van der Waals surface area contributed by atoms with Crippen LogP contribution in [0.5, 0.6) is 5.75 Å². The minimum Gasteiger partial charge on any atom is -0.496 e. The van der Waals surface area contributed by atoms with Crippen LogP contribution in [0.3, 0.4) is 0 Å². The lowest BCUT2D eigenvalue weighted by Crippen LogP contribution is -2.35. The van der Waals surface area contributed by atoms with Crippen molar-refractivity contribution >= 4 is 16.6 Å². The lowest BCUT2D eigenvalue weighted by molar-refractivity contribution is 0.0950. The minimum atomic E-state index is 0.224. The second-order valence-electron chi connectivity index (χ2n) is 6.58. The van der Waals surface area contributed by atoms with Gasteiger partial charge in [-0.05, 0) is 42.8 Å². The number of methoxy groups -OCH3 is 1. The highest BCUT2D eigenvalue weighted by Gasteiger charge is 2.18. The number of piperidine rings is 1. The molecule has 0 spiro atoms. The number of carbonyl (C=O) groups is 1. The van der Waals surface area contributed by atoms with Crippen molar-refractivity contribution in [1.82, 2.24) is 4.90 Å². The Hall–Kier alpha value is -1.87. The van der Waals surface area contributed by atoms with E-state index >= 15 is 0 Å². The highest BCUT2D eigenvalue weighted by Crippen LogP contribution is 2.29. The van der Waals surface area contributed by atoms with Crippen LogP contribution in [0.1, 0.15) is 36.5 Å². The fourth-order valence-electron chi connectivity index (χ4n) is 3.58. The summed E-state index contributed by atoms with van der Waals surface area (Å²) in [4.78, 5) is 15.1. The van der Waals surface area contributed by atoms with Gasteiger partial charge in [-0.3, -0.25) is 4.79 Å². The SMILES string of the molecule is COc1ccc(C(=O)CCN2CCCC(C)C2)c2ccccc12. The molecule has 1 atom stereocenters. The maximum Gasteiger partial charge on any atom is 0.164 e. The highest BCUT2D eigenvalue weighted by molar-refractivity contribution is 6.09. The number of Topliss-reactive ketones (excluding diaryl/α,β-unsaturated/α-hetero) is 1. The average Bonchev–Trinajstić information content (AvgIpc) is 2.58. The molecule has 0 aliphatic carbocycles. The van der Waals surface area contributed by atoms with Gasteiger partial charge in [-0.15, -0.1) is 0 Å². The molecule has 0 saturated carbocycles. The number of fused-ring (bicyclic) bond motifs is 1. The molecular weight excluding hydrogens is 286 g/mol. The summed E-state index contributed by atoms with van der Waals surface area (Å²) in [5.74, 6) is 1.80. The quantitative estimate of drug-likeness (QED) is 0.777. The van der Waals surface area contributed by atoms with E-state index < -0.39 is 0 Å². The summed E-state index contributed by atoms with van der Waals surface area (Å²) >= 11 is 0. The molecule has 0 aromatic heterocycles. The molecule has 3 rings (SSSR count). The largest absolute Gasteiger partial charge is 0.496 e. The first-order chi connectivity index (χ1) is 11.2. The van der Waals surface area contributed by atoms with Gasteiger partial charge >= 0.3 is 0 Å². The number of nitrogens with zero attached hydrogens (tertiary/aromatic N) is 1. The molecule has 0 bridgehead atoms. The molecule has 2 aromatic carbocycles. The van der Waals surface area contributed by atoms with Gasteiger partial charge in [0, 0.05) is 30.5 Å². The van der Waals surface area contributed by atoms with Crippen LogP contribution in [0.15, 0.2) is 36.4 Å². The van der Waals surface area contributed by atoms with E-state index in [1.807, 2.05) is 36.4 Å². The van der Waals surface area contributed by atoms with Gasteiger partial charge in [0.25, 0.3) is 0 Å². The van der Waals surface area contributed by atoms with Crippen molar-refractivity contribution in [2.75, 3.05) is 26.7 Å². The third-order valence-corrected chi connectivity index (χ3v) is 4.80. The predicted molar refractivity (Wildman–Crippen MR) is 94.3 cm³/mol. The first-order valence-electron chi connectivity index (χ1n) is 8.50. The lowest BCUT2D eigenvalue weighted by Gasteiger charge is -2.30. The Morgan fingerprint density at radius 1 is 1.22 bits per heavy atom. The maximum atomic E-state index is 12.7. The molecule has 1 aliphatic heterocycles. The van der Waals surface area contributed by atoms with Gasteiger partial charge in [-0.2, -0.15) is 0 Å². The van der Waals surface area contributed by atoms with Crippen LogP contribution in [-0.4, -0.2) is 37.4 Å². The number of benzene rings is 2. The number of rotatable bonds is 5. The first kappa shape index (κ1) is 16.0. The minimum absolute atomic E-state index is 0.224. The number of ether oxygens (including phenoxy) is 1. The van der Waals surface area contributed by atoms with Crippen LogP contribution in [0.2, 0.25) is 0 Å². The summed E-state index contributed by atoms with van der Waals surface area (Å²) < 4.78 is 5.41. The van der Waals surface area contributed by atoms with Crippen molar-refractivity contribution < 1.29 is 9.53 Å². The van der Waals surface area contributed by atoms with Crippen LogP contribution >= 0.6 is 0 Å². The fraction of sp³-hybridized carbons (Fsp3) is 0.450. The molecule has 1 saturated heterocycles. The van der Waals surface area contributed by atoms with Gasteiger partial charge in [0.2, 0.25) is 0 Å². The lowest BCUT2D eigenvalue weighted by atomic mass is 9.97. The zero-order chi connectivity index (χ0) is 16.2. The molecule has 3 heteroatoms. The van der Waals surface area contributed by atoms with Gasteiger partial charge in [0.05, 0.1) is 7.11 Å². The second kappa shape index (κ2) is 7.14. The summed E-state index contributed by atoms with van der Waals surface area (Å²) in [7, 11) is 1.67. The standard InChI is InChI=1S/C20H25NO2/c1-15-6-5-12-21(14-15)13-11-19(22)17-9-10-20(23-2)18-8-4-3-7-16(17)18/h3-4,7-10,15H,5-6,11-14H2,1-2H3. The fourth-order valence-corrected chi connectivity index (χ4v) is 3.58. The van der Waals surface area contributed by atoms with Crippen LogP contribution in [-0.2, 0) is 0 Å².